The van der Waals surface area contributed by atoms with Crippen LogP contribution >= 0.6 is 0 Å². The van der Waals surface area contributed by atoms with E-state index >= 15 is 0 Å². The molecule has 6 heteroatoms. The lowest BCUT2D eigenvalue weighted by Gasteiger charge is -2.06. The number of rotatable bonds is 1. The van der Waals surface area contributed by atoms with Gasteiger partial charge in [0.25, 0.3) is 0 Å². The summed E-state index contributed by atoms with van der Waals surface area (Å²) in [6.07, 6.45) is 3.40. The fraction of sp³-hybridized carbons (Fsp3) is 0.100. The van der Waals surface area contributed by atoms with E-state index in [1.54, 1.807) is 17.2 Å². The highest BCUT2D eigenvalue weighted by Crippen LogP contribution is 2.22. The summed E-state index contributed by atoms with van der Waals surface area (Å²) in [6.45, 7) is 0. The average Bonchev–Trinajstić information content (AvgIpc) is 2.88. The van der Waals surface area contributed by atoms with E-state index in [2.05, 4.69) is 15.3 Å². The monoisotopic (exact) mass is 214 g/mol. The molecular weight excluding hydrogens is 204 g/mol. The van der Waals surface area contributed by atoms with E-state index in [4.69, 9.17) is 5.73 Å². The van der Waals surface area contributed by atoms with E-state index in [0.29, 0.717) is 11.3 Å². The van der Waals surface area contributed by atoms with Crippen molar-refractivity contribution in [3.05, 3.63) is 30.7 Å². The van der Waals surface area contributed by atoms with Gasteiger partial charge in [-0.25, -0.2) is 0 Å². The van der Waals surface area contributed by atoms with Gasteiger partial charge in [-0.1, -0.05) is 0 Å². The van der Waals surface area contributed by atoms with E-state index in [9.17, 15) is 0 Å². The molecule has 2 N–H and O–H groups in total. The first kappa shape index (κ1) is 8.90. The first-order valence-corrected chi connectivity index (χ1v) is 4.84. The number of nitrogens with zero attached hydrogens (tertiary/aromatic N) is 5. The van der Waals surface area contributed by atoms with Crippen LogP contribution in [-0.2, 0) is 7.05 Å². The van der Waals surface area contributed by atoms with Crippen molar-refractivity contribution in [3.63, 3.8) is 0 Å². The molecule has 0 bridgehead atoms. The molecule has 0 fully saturated rings. The van der Waals surface area contributed by atoms with E-state index in [-0.39, 0.29) is 0 Å². The maximum Gasteiger partial charge on any atom is 0.184 e. The van der Waals surface area contributed by atoms with E-state index < -0.39 is 0 Å². The Hall–Kier alpha value is -2.37. The molecule has 3 heterocycles. The summed E-state index contributed by atoms with van der Waals surface area (Å²) in [7, 11) is 1.89. The van der Waals surface area contributed by atoms with Gasteiger partial charge in [0.05, 0.1) is 17.1 Å². The van der Waals surface area contributed by atoms with E-state index in [1.165, 1.54) is 0 Å². The van der Waals surface area contributed by atoms with Crippen molar-refractivity contribution in [2.45, 2.75) is 0 Å². The number of nitrogens with two attached hydrogens (primary N) is 1. The molecule has 6 nitrogen and oxygen atoms in total. The third-order valence-corrected chi connectivity index (χ3v) is 2.57. The van der Waals surface area contributed by atoms with Crippen molar-refractivity contribution in [2.24, 2.45) is 7.05 Å². The lowest BCUT2D eigenvalue weighted by molar-refractivity contribution is 0.772. The Morgan fingerprint density at radius 1 is 1.19 bits per heavy atom. The number of pyridine rings is 1. The number of aromatic nitrogens is 5. The minimum Gasteiger partial charge on any atom is -0.396 e. The lowest BCUT2D eigenvalue weighted by atomic mass is 10.2. The average molecular weight is 214 g/mol. The van der Waals surface area contributed by atoms with Crippen molar-refractivity contribution >= 4 is 11.3 Å². The molecule has 0 atom stereocenters. The number of hydrogen-bond acceptors (Lipinski definition) is 4. The second-order valence-electron chi connectivity index (χ2n) is 3.54. The zero-order valence-corrected chi connectivity index (χ0v) is 8.70. The van der Waals surface area contributed by atoms with Gasteiger partial charge in [0.15, 0.2) is 5.65 Å². The highest BCUT2D eigenvalue weighted by atomic mass is 15.3. The van der Waals surface area contributed by atoms with Gasteiger partial charge in [-0.3, -0.25) is 9.08 Å². The quantitative estimate of drug-likeness (QED) is 0.647. The summed E-state index contributed by atoms with van der Waals surface area (Å²) in [4.78, 5) is 0. The van der Waals surface area contributed by atoms with Crippen LogP contribution < -0.4 is 5.73 Å². The van der Waals surface area contributed by atoms with E-state index in [1.807, 2.05) is 29.6 Å². The molecule has 0 aliphatic carbocycles. The van der Waals surface area contributed by atoms with Crippen LogP contribution in [-0.4, -0.2) is 24.4 Å². The molecule has 3 aromatic heterocycles. The Balaban J connectivity index is 2.37. The maximum atomic E-state index is 5.82. The Bertz CT molecular complexity index is 650. The van der Waals surface area contributed by atoms with Crippen LogP contribution in [0.15, 0.2) is 30.7 Å². The molecule has 0 saturated heterocycles. The van der Waals surface area contributed by atoms with Gasteiger partial charge in [-0.05, 0) is 18.2 Å². The van der Waals surface area contributed by atoms with Gasteiger partial charge < -0.3 is 5.73 Å². The van der Waals surface area contributed by atoms with E-state index in [0.717, 1.165) is 11.4 Å². The van der Waals surface area contributed by atoms with Crippen LogP contribution in [0.3, 0.4) is 0 Å². The minimum absolute atomic E-state index is 0.614. The van der Waals surface area contributed by atoms with Crippen molar-refractivity contribution in [3.8, 4) is 11.4 Å². The summed E-state index contributed by atoms with van der Waals surface area (Å²) >= 11 is 0. The molecular formula is C10H10N6. The second kappa shape index (κ2) is 3.06. The van der Waals surface area contributed by atoms with Crippen molar-refractivity contribution in [1.29, 1.82) is 0 Å². The topological polar surface area (TPSA) is 74.0 Å². The zero-order chi connectivity index (χ0) is 11.1. The van der Waals surface area contributed by atoms with Gasteiger partial charge in [-0.15, -0.1) is 10.2 Å². The Morgan fingerprint density at radius 3 is 2.81 bits per heavy atom. The predicted molar refractivity (Wildman–Crippen MR) is 59.6 cm³/mol. The molecule has 3 aromatic rings. The Kier molecular flexibility index (Phi) is 1.70. The van der Waals surface area contributed by atoms with Gasteiger partial charge in [0.1, 0.15) is 6.33 Å². The van der Waals surface area contributed by atoms with Gasteiger partial charge >= 0.3 is 0 Å². The summed E-state index contributed by atoms with van der Waals surface area (Å²) in [5.41, 5.74) is 9.05. The number of hydrogen-bond donors (Lipinski definition) is 1. The fourth-order valence-corrected chi connectivity index (χ4v) is 1.77. The van der Waals surface area contributed by atoms with Crippen LogP contribution in [0.4, 0.5) is 5.69 Å². The summed E-state index contributed by atoms with van der Waals surface area (Å²) in [5.74, 6) is 0. The third-order valence-electron chi connectivity index (χ3n) is 2.57. The largest absolute Gasteiger partial charge is 0.396 e. The molecule has 0 aliphatic heterocycles. The normalized spacial score (nSPS) is 11.1. The molecule has 16 heavy (non-hydrogen) atoms. The van der Waals surface area contributed by atoms with Crippen molar-refractivity contribution in [1.82, 2.24) is 24.4 Å². The van der Waals surface area contributed by atoms with Crippen molar-refractivity contribution < 1.29 is 0 Å². The molecule has 0 aromatic carbocycles. The molecule has 0 spiro atoms. The molecule has 0 saturated carbocycles. The standard InChI is InChI=1S/C10H10N6/c1-15-8(4-5-13-15)9-3-2-7(11)10-14-12-6-16(9)10/h2-6H,11H2,1H3. The minimum atomic E-state index is 0.614. The maximum absolute atomic E-state index is 5.82. The molecule has 0 aliphatic rings. The van der Waals surface area contributed by atoms with Crippen LogP contribution in [0.5, 0.6) is 0 Å². The number of aryl methyl sites for hydroxylation is 1. The highest BCUT2D eigenvalue weighted by Gasteiger charge is 2.09. The van der Waals surface area contributed by atoms with Crippen LogP contribution in [0.1, 0.15) is 0 Å². The lowest BCUT2D eigenvalue weighted by Crippen LogP contribution is -2.00. The Labute approximate surface area is 91.3 Å². The summed E-state index contributed by atoms with van der Waals surface area (Å²) in [5, 5.41) is 12.0. The number of anilines is 1. The fourth-order valence-electron chi connectivity index (χ4n) is 1.77. The zero-order valence-electron chi connectivity index (χ0n) is 8.70. The first-order valence-electron chi connectivity index (χ1n) is 4.84. The predicted octanol–water partition coefficient (Wildman–Crippen LogP) is 0.712. The number of nitrogen functional groups attached to an aromatic ring is 1. The summed E-state index contributed by atoms with van der Waals surface area (Å²) < 4.78 is 3.65. The Morgan fingerprint density at radius 2 is 2.06 bits per heavy atom. The second-order valence-corrected chi connectivity index (χ2v) is 3.54. The summed E-state index contributed by atoms with van der Waals surface area (Å²) in [6, 6.07) is 5.69. The van der Waals surface area contributed by atoms with Crippen molar-refractivity contribution in [2.75, 3.05) is 5.73 Å². The smallest absolute Gasteiger partial charge is 0.184 e. The molecule has 0 radical (unpaired) electrons. The van der Waals surface area contributed by atoms with Gasteiger partial charge in [-0.2, -0.15) is 5.10 Å². The molecule has 0 amide bonds. The molecule has 80 valence electrons. The first-order chi connectivity index (χ1) is 7.77. The van der Waals surface area contributed by atoms with Gasteiger partial charge in [0.2, 0.25) is 0 Å². The molecule has 0 unspecified atom stereocenters. The molecule has 3 rings (SSSR count). The highest BCUT2D eigenvalue weighted by molar-refractivity contribution is 5.70. The SMILES string of the molecule is Cn1nccc1-c1ccc(N)c2nncn12. The van der Waals surface area contributed by atoms with Gasteiger partial charge in [0, 0.05) is 13.2 Å². The third kappa shape index (κ3) is 1.10. The van der Waals surface area contributed by atoms with Crippen LogP contribution in [0, 0.1) is 0 Å². The van der Waals surface area contributed by atoms with Crippen LogP contribution in [0.2, 0.25) is 0 Å². The number of fused-ring (bicyclic) bond motifs is 1. The van der Waals surface area contributed by atoms with Crippen LogP contribution in [0.25, 0.3) is 17.0 Å².